The third kappa shape index (κ3) is 6.33. The minimum absolute atomic E-state index is 0.0273. The van der Waals surface area contributed by atoms with Gasteiger partial charge in [0.1, 0.15) is 11.5 Å². The van der Waals surface area contributed by atoms with Crippen molar-refractivity contribution < 1.29 is 19.1 Å². The maximum Gasteiger partial charge on any atom is 0.261 e. The normalized spacial score (nSPS) is 11.6. The lowest BCUT2D eigenvalue weighted by Gasteiger charge is -2.15. The second kappa shape index (κ2) is 9.62. The first-order valence-corrected chi connectivity index (χ1v) is 8.87. The number of carbonyl (C=O) groups is 2. The fourth-order valence-corrected chi connectivity index (χ4v) is 2.24. The number of rotatable bonds is 8. The van der Waals surface area contributed by atoms with E-state index in [1.807, 2.05) is 38.1 Å². The van der Waals surface area contributed by atoms with Crippen molar-refractivity contribution >= 4 is 17.5 Å². The molecule has 2 amide bonds. The molecule has 0 saturated heterocycles. The fraction of sp³-hybridized carbons (Fsp3) is 0.333. The number of hydrogen-bond acceptors (Lipinski definition) is 4. The molecule has 6 nitrogen and oxygen atoms in total. The molecule has 2 aromatic rings. The van der Waals surface area contributed by atoms with Gasteiger partial charge in [0.05, 0.1) is 7.11 Å². The Hall–Kier alpha value is -3.02. The highest BCUT2D eigenvalue weighted by molar-refractivity contribution is 5.92. The van der Waals surface area contributed by atoms with Gasteiger partial charge in [0.15, 0.2) is 6.10 Å². The van der Waals surface area contributed by atoms with Crippen LogP contribution >= 0.6 is 0 Å². The maximum atomic E-state index is 12.2. The van der Waals surface area contributed by atoms with Crippen LogP contribution in [0, 0.1) is 5.92 Å². The van der Waals surface area contributed by atoms with Crippen molar-refractivity contribution in [1.82, 2.24) is 5.32 Å². The number of hydrogen-bond donors (Lipinski definition) is 2. The third-order valence-corrected chi connectivity index (χ3v) is 3.95. The quantitative estimate of drug-likeness (QED) is 0.747. The molecule has 27 heavy (non-hydrogen) atoms. The van der Waals surface area contributed by atoms with E-state index < -0.39 is 6.10 Å². The zero-order chi connectivity index (χ0) is 19.8. The van der Waals surface area contributed by atoms with Crippen molar-refractivity contribution in [3.8, 4) is 11.5 Å². The third-order valence-electron chi connectivity index (χ3n) is 3.95. The van der Waals surface area contributed by atoms with Crippen molar-refractivity contribution in [3.05, 3.63) is 54.1 Å². The summed E-state index contributed by atoms with van der Waals surface area (Å²) in [6, 6.07) is 14.4. The molecule has 2 N–H and O–H groups in total. The first kappa shape index (κ1) is 20.3. The largest absolute Gasteiger partial charge is 0.497 e. The summed E-state index contributed by atoms with van der Waals surface area (Å²) < 4.78 is 10.7. The van der Waals surface area contributed by atoms with Crippen LogP contribution in [0.3, 0.4) is 0 Å². The van der Waals surface area contributed by atoms with Gasteiger partial charge in [-0.3, -0.25) is 9.59 Å². The van der Waals surface area contributed by atoms with E-state index in [0.717, 1.165) is 17.0 Å². The number of anilines is 1. The Kier molecular flexibility index (Phi) is 7.23. The van der Waals surface area contributed by atoms with Gasteiger partial charge < -0.3 is 20.1 Å². The second-order valence-corrected chi connectivity index (χ2v) is 6.49. The number of benzene rings is 2. The van der Waals surface area contributed by atoms with Gasteiger partial charge in [0.2, 0.25) is 5.91 Å². The standard InChI is InChI=1S/C21H26N2O4/c1-14(2)20(24)23-17-7-5-16(6-8-17)13-22-21(25)15(3)27-19-11-9-18(26-4)10-12-19/h5-12,14-15H,13H2,1-4H3,(H,22,25)(H,23,24). The number of methoxy groups -OCH3 is 1. The average molecular weight is 370 g/mol. The smallest absolute Gasteiger partial charge is 0.261 e. The summed E-state index contributed by atoms with van der Waals surface area (Å²) >= 11 is 0. The SMILES string of the molecule is COc1ccc(OC(C)C(=O)NCc2ccc(NC(=O)C(C)C)cc2)cc1. The predicted molar refractivity (Wildman–Crippen MR) is 105 cm³/mol. The summed E-state index contributed by atoms with van der Waals surface area (Å²) in [6.45, 7) is 5.76. The average Bonchev–Trinajstić information content (AvgIpc) is 2.67. The lowest BCUT2D eigenvalue weighted by atomic mass is 10.1. The second-order valence-electron chi connectivity index (χ2n) is 6.49. The van der Waals surface area contributed by atoms with Crippen LogP contribution in [0.15, 0.2) is 48.5 Å². The van der Waals surface area contributed by atoms with Crippen LogP contribution in [0.5, 0.6) is 11.5 Å². The fourth-order valence-electron chi connectivity index (χ4n) is 2.24. The van der Waals surface area contributed by atoms with E-state index in [9.17, 15) is 9.59 Å². The molecular formula is C21H26N2O4. The Morgan fingerprint density at radius 2 is 1.48 bits per heavy atom. The molecule has 0 aliphatic carbocycles. The molecule has 2 rings (SSSR count). The lowest BCUT2D eigenvalue weighted by molar-refractivity contribution is -0.127. The van der Waals surface area contributed by atoms with Gasteiger partial charge in [-0.15, -0.1) is 0 Å². The van der Waals surface area contributed by atoms with Crippen LogP contribution in [0.2, 0.25) is 0 Å². The Labute approximate surface area is 159 Å². The van der Waals surface area contributed by atoms with Crippen molar-refractivity contribution in [2.45, 2.75) is 33.4 Å². The summed E-state index contributed by atoms with van der Waals surface area (Å²) in [7, 11) is 1.59. The molecule has 1 unspecified atom stereocenters. The van der Waals surface area contributed by atoms with Crippen LogP contribution in [0.4, 0.5) is 5.69 Å². The summed E-state index contributed by atoms with van der Waals surface area (Å²) in [5, 5.41) is 5.68. The Morgan fingerprint density at radius 3 is 2.04 bits per heavy atom. The molecule has 0 aromatic heterocycles. The van der Waals surface area contributed by atoms with Crippen molar-refractivity contribution in [2.24, 2.45) is 5.92 Å². The highest BCUT2D eigenvalue weighted by atomic mass is 16.5. The lowest BCUT2D eigenvalue weighted by Crippen LogP contribution is -2.35. The van der Waals surface area contributed by atoms with E-state index in [2.05, 4.69) is 10.6 Å². The molecule has 0 saturated carbocycles. The molecule has 0 heterocycles. The van der Waals surface area contributed by atoms with E-state index in [1.54, 1.807) is 38.3 Å². The van der Waals surface area contributed by atoms with Gasteiger partial charge in [-0.1, -0.05) is 26.0 Å². The number of carbonyl (C=O) groups excluding carboxylic acids is 2. The van der Waals surface area contributed by atoms with Gasteiger partial charge in [0.25, 0.3) is 5.91 Å². The molecule has 2 aromatic carbocycles. The molecule has 0 spiro atoms. The van der Waals surface area contributed by atoms with Crippen LogP contribution < -0.4 is 20.1 Å². The van der Waals surface area contributed by atoms with Gasteiger partial charge in [0, 0.05) is 18.2 Å². The van der Waals surface area contributed by atoms with Crippen molar-refractivity contribution in [1.29, 1.82) is 0 Å². The minimum atomic E-state index is -0.622. The summed E-state index contributed by atoms with van der Waals surface area (Å²) in [4.78, 5) is 23.9. The summed E-state index contributed by atoms with van der Waals surface area (Å²) in [5.74, 6) is 1.02. The van der Waals surface area contributed by atoms with Gasteiger partial charge in [-0.25, -0.2) is 0 Å². The van der Waals surface area contributed by atoms with E-state index in [0.29, 0.717) is 12.3 Å². The maximum absolute atomic E-state index is 12.2. The van der Waals surface area contributed by atoms with Gasteiger partial charge in [-0.05, 0) is 48.9 Å². The number of amides is 2. The Morgan fingerprint density at radius 1 is 0.889 bits per heavy atom. The van der Waals surface area contributed by atoms with Crippen LogP contribution in [-0.2, 0) is 16.1 Å². The molecule has 0 radical (unpaired) electrons. The topological polar surface area (TPSA) is 76.7 Å². The van der Waals surface area contributed by atoms with Crippen LogP contribution in [-0.4, -0.2) is 25.0 Å². The van der Waals surface area contributed by atoms with E-state index in [4.69, 9.17) is 9.47 Å². The van der Waals surface area contributed by atoms with E-state index in [-0.39, 0.29) is 17.7 Å². The zero-order valence-electron chi connectivity index (χ0n) is 16.1. The molecular weight excluding hydrogens is 344 g/mol. The Balaban J connectivity index is 1.82. The van der Waals surface area contributed by atoms with Crippen molar-refractivity contribution in [3.63, 3.8) is 0 Å². The van der Waals surface area contributed by atoms with Crippen LogP contribution in [0.25, 0.3) is 0 Å². The highest BCUT2D eigenvalue weighted by Gasteiger charge is 2.14. The molecule has 1 atom stereocenters. The monoisotopic (exact) mass is 370 g/mol. The van der Waals surface area contributed by atoms with Crippen LogP contribution in [0.1, 0.15) is 26.3 Å². The first-order valence-electron chi connectivity index (χ1n) is 8.87. The molecule has 0 fully saturated rings. The minimum Gasteiger partial charge on any atom is -0.497 e. The zero-order valence-corrected chi connectivity index (χ0v) is 16.1. The van der Waals surface area contributed by atoms with E-state index >= 15 is 0 Å². The highest BCUT2D eigenvalue weighted by Crippen LogP contribution is 2.18. The summed E-state index contributed by atoms with van der Waals surface area (Å²) in [6.07, 6.45) is -0.622. The van der Waals surface area contributed by atoms with Gasteiger partial charge >= 0.3 is 0 Å². The Bertz CT molecular complexity index is 755. The predicted octanol–water partition coefficient (Wildman–Crippen LogP) is 3.37. The molecule has 0 bridgehead atoms. The van der Waals surface area contributed by atoms with Gasteiger partial charge in [-0.2, -0.15) is 0 Å². The first-order chi connectivity index (χ1) is 12.9. The molecule has 0 aliphatic heterocycles. The van der Waals surface area contributed by atoms with Crippen molar-refractivity contribution in [2.75, 3.05) is 12.4 Å². The molecule has 144 valence electrons. The van der Waals surface area contributed by atoms with E-state index in [1.165, 1.54) is 0 Å². The number of nitrogens with one attached hydrogen (secondary N) is 2. The molecule has 0 aliphatic rings. The number of ether oxygens (including phenoxy) is 2. The molecule has 6 heteroatoms. The summed E-state index contributed by atoms with van der Waals surface area (Å²) in [5.41, 5.74) is 1.67.